The van der Waals surface area contributed by atoms with Crippen molar-refractivity contribution in [3.8, 4) is 11.3 Å². The Bertz CT molecular complexity index is 532. The van der Waals surface area contributed by atoms with Gasteiger partial charge in [0.1, 0.15) is 5.82 Å². The first-order valence-corrected chi connectivity index (χ1v) is 5.24. The highest BCUT2D eigenvalue weighted by atomic mass is 35.5. The quantitative estimate of drug-likeness (QED) is 0.897. The topological polar surface area (TPSA) is 43.8 Å². The molecule has 0 unspecified atom stereocenters. The maximum Gasteiger partial charge on any atom is 0.263 e. The van der Waals surface area contributed by atoms with Gasteiger partial charge in [-0.1, -0.05) is 17.7 Å². The number of aromatic nitrogens is 2. The first-order chi connectivity index (χ1) is 7.99. The SMILES string of the molecule is Cn1nc(-c2cc(C(F)F)ccc2Cl)cc1N. The number of nitrogens with zero attached hydrogens (tertiary/aromatic N) is 2. The molecule has 2 rings (SSSR count). The van der Waals surface area contributed by atoms with Gasteiger partial charge in [0.05, 0.1) is 10.7 Å². The third-order valence-corrected chi connectivity index (χ3v) is 2.76. The first-order valence-electron chi connectivity index (χ1n) is 4.86. The number of hydrogen-bond donors (Lipinski definition) is 1. The Balaban J connectivity index is 2.54. The molecule has 2 aromatic rings. The van der Waals surface area contributed by atoms with E-state index in [0.29, 0.717) is 22.1 Å². The molecular weight excluding hydrogens is 248 g/mol. The van der Waals surface area contributed by atoms with Gasteiger partial charge in [0.15, 0.2) is 0 Å². The van der Waals surface area contributed by atoms with E-state index in [1.165, 1.54) is 22.9 Å². The molecule has 0 fully saturated rings. The molecule has 90 valence electrons. The van der Waals surface area contributed by atoms with Crippen LogP contribution >= 0.6 is 11.6 Å². The number of aryl methyl sites for hydroxylation is 1. The van der Waals surface area contributed by atoms with Crippen LogP contribution in [0.1, 0.15) is 12.0 Å². The Morgan fingerprint density at radius 1 is 1.35 bits per heavy atom. The highest BCUT2D eigenvalue weighted by Crippen LogP contribution is 2.31. The van der Waals surface area contributed by atoms with Crippen LogP contribution < -0.4 is 5.73 Å². The van der Waals surface area contributed by atoms with E-state index in [9.17, 15) is 8.78 Å². The Hall–Kier alpha value is -1.62. The molecular formula is C11H10ClF2N3. The van der Waals surface area contributed by atoms with Gasteiger partial charge in [0.25, 0.3) is 6.43 Å². The van der Waals surface area contributed by atoms with Crippen LogP contribution in [-0.4, -0.2) is 9.78 Å². The van der Waals surface area contributed by atoms with E-state index >= 15 is 0 Å². The van der Waals surface area contributed by atoms with E-state index in [0.717, 1.165) is 0 Å². The number of nitrogen functional groups attached to an aromatic ring is 1. The van der Waals surface area contributed by atoms with E-state index in [1.807, 2.05) is 0 Å². The molecule has 0 aliphatic carbocycles. The summed E-state index contributed by atoms with van der Waals surface area (Å²) in [5.41, 5.74) is 6.49. The standard InChI is InChI=1S/C11H10ClF2N3/c1-17-10(15)5-9(16-17)7-4-6(11(13)14)2-3-8(7)12/h2-5,11H,15H2,1H3. The van der Waals surface area contributed by atoms with Crippen molar-refractivity contribution >= 4 is 17.4 Å². The molecule has 17 heavy (non-hydrogen) atoms. The minimum Gasteiger partial charge on any atom is -0.384 e. The van der Waals surface area contributed by atoms with Gasteiger partial charge in [-0.3, -0.25) is 4.68 Å². The first kappa shape index (κ1) is 11.9. The molecule has 0 saturated carbocycles. The van der Waals surface area contributed by atoms with Crippen molar-refractivity contribution in [2.75, 3.05) is 5.73 Å². The van der Waals surface area contributed by atoms with Crippen LogP contribution in [0.15, 0.2) is 24.3 Å². The van der Waals surface area contributed by atoms with E-state index in [4.69, 9.17) is 17.3 Å². The second-order valence-electron chi connectivity index (χ2n) is 3.62. The van der Waals surface area contributed by atoms with Gasteiger partial charge in [0.2, 0.25) is 0 Å². The predicted octanol–water partition coefficient (Wildman–Crippen LogP) is 3.26. The van der Waals surface area contributed by atoms with E-state index in [-0.39, 0.29) is 5.56 Å². The average molecular weight is 258 g/mol. The molecule has 0 atom stereocenters. The molecule has 0 spiro atoms. The second kappa shape index (κ2) is 4.33. The van der Waals surface area contributed by atoms with Crippen LogP contribution in [-0.2, 0) is 7.05 Å². The van der Waals surface area contributed by atoms with Crippen molar-refractivity contribution in [3.63, 3.8) is 0 Å². The average Bonchev–Trinajstić information content (AvgIpc) is 2.59. The summed E-state index contributed by atoms with van der Waals surface area (Å²) in [5, 5.41) is 4.47. The maximum atomic E-state index is 12.6. The van der Waals surface area contributed by atoms with Crippen LogP contribution in [0, 0.1) is 0 Å². The Kier molecular flexibility index (Phi) is 3.02. The molecule has 0 bridgehead atoms. The molecule has 3 nitrogen and oxygen atoms in total. The Morgan fingerprint density at radius 2 is 2.06 bits per heavy atom. The van der Waals surface area contributed by atoms with Crippen LogP contribution in [0.2, 0.25) is 5.02 Å². The highest BCUT2D eigenvalue weighted by Gasteiger charge is 2.13. The molecule has 2 N–H and O–H groups in total. The third-order valence-electron chi connectivity index (χ3n) is 2.43. The van der Waals surface area contributed by atoms with Crippen LogP contribution in [0.25, 0.3) is 11.3 Å². The van der Waals surface area contributed by atoms with Gasteiger partial charge in [-0.25, -0.2) is 8.78 Å². The van der Waals surface area contributed by atoms with Crippen LogP contribution in [0.3, 0.4) is 0 Å². The summed E-state index contributed by atoms with van der Waals surface area (Å²) in [5.74, 6) is 0.443. The molecule has 6 heteroatoms. The normalized spacial score (nSPS) is 11.1. The lowest BCUT2D eigenvalue weighted by Crippen LogP contribution is -1.96. The third kappa shape index (κ3) is 2.24. The zero-order valence-corrected chi connectivity index (χ0v) is 9.75. The summed E-state index contributed by atoms with van der Waals surface area (Å²) in [6.45, 7) is 0. The summed E-state index contributed by atoms with van der Waals surface area (Å²) in [4.78, 5) is 0. The van der Waals surface area contributed by atoms with Gasteiger partial charge < -0.3 is 5.73 Å². The summed E-state index contributed by atoms with van der Waals surface area (Å²) in [6, 6.07) is 5.65. The number of anilines is 1. The molecule has 1 aromatic carbocycles. The highest BCUT2D eigenvalue weighted by molar-refractivity contribution is 6.33. The van der Waals surface area contributed by atoms with Crippen LogP contribution in [0.5, 0.6) is 0 Å². The van der Waals surface area contributed by atoms with Crippen LogP contribution in [0.4, 0.5) is 14.6 Å². The number of rotatable bonds is 2. The van der Waals surface area contributed by atoms with Crippen molar-refractivity contribution in [2.24, 2.45) is 7.05 Å². The summed E-state index contributed by atoms with van der Waals surface area (Å²) in [7, 11) is 1.67. The summed E-state index contributed by atoms with van der Waals surface area (Å²) in [6.07, 6.45) is -2.54. The number of alkyl halides is 2. The molecule has 0 radical (unpaired) electrons. The number of halogens is 3. The van der Waals surface area contributed by atoms with E-state index in [1.54, 1.807) is 13.1 Å². The monoisotopic (exact) mass is 257 g/mol. The lowest BCUT2D eigenvalue weighted by molar-refractivity contribution is 0.151. The van der Waals surface area contributed by atoms with Crippen molar-refractivity contribution in [1.82, 2.24) is 9.78 Å². The van der Waals surface area contributed by atoms with Crippen molar-refractivity contribution < 1.29 is 8.78 Å². The van der Waals surface area contributed by atoms with Crippen molar-refractivity contribution in [3.05, 3.63) is 34.9 Å². The minimum atomic E-state index is -2.54. The minimum absolute atomic E-state index is 0.0892. The van der Waals surface area contributed by atoms with Gasteiger partial charge in [-0.15, -0.1) is 0 Å². The summed E-state index contributed by atoms with van der Waals surface area (Å²) < 4.78 is 26.6. The lowest BCUT2D eigenvalue weighted by Gasteiger charge is -2.04. The Labute approximate surface area is 102 Å². The lowest BCUT2D eigenvalue weighted by atomic mass is 10.1. The fourth-order valence-electron chi connectivity index (χ4n) is 1.49. The fraction of sp³-hybridized carbons (Fsp3) is 0.182. The van der Waals surface area contributed by atoms with Gasteiger partial charge in [-0.2, -0.15) is 5.10 Å². The number of hydrogen-bond acceptors (Lipinski definition) is 2. The fourth-order valence-corrected chi connectivity index (χ4v) is 1.70. The molecule has 1 heterocycles. The zero-order chi connectivity index (χ0) is 12.6. The molecule has 1 aromatic heterocycles. The molecule has 0 saturated heterocycles. The largest absolute Gasteiger partial charge is 0.384 e. The maximum absolute atomic E-state index is 12.6. The van der Waals surface area contributed by atoms with Crippen molar-refractivity contribution in [2.45, 2.75) is 6.43 Å². The van der Waals surface area contributed by atoms with E-state index < -0.39 is 6.43 Å². The van der Waals surface area contributed by atoms with Crippen molar-refractivity contribution in [1.29, 1.82) is 0 Å². The van der Waals surface area contributed by atoms with E-state index in [2.05, 4.69) is 5.10 Å². The smallest absolute Gasteiger partial charge is 0.263 e. The van der Waals surface area contributed by atoms with Gasteiger partial charge >= 0.3 is 0 Å². The number of nitrogens with two attached hydrogens (primary N) is 1. The predicted molar refractivity (Wildman–Crippen MR) is 63.0 cm³/mol. The molecule has 0 aliphatic heterocycles. The van der Waals surface area contributed by atoms with Gasteiger partial charge in [0, 0.05) is 24.2 Å². The van der Waals surface area contributed by atoms with Gasteiger partial charge in [-0.05, 0) is 12.1 Å². The number of benzene rings is 1. The zero-order valence-electron chi connectivity index (χ0n) is 8.99. The molecule has 0 aliphatic rings. The second-order valence-corrected chi connectivity index (χ2v) is 4.03. The molecule has 0 amide bonds. The Morgan fingerprint density at radius 3 is 2.59 bits per heavy atom. The summed E-state index contributed by atoms with van der Waals surface area (Å²) >= 11 is 5.96.